The molecule has 6 rings (SSSR count). The molecule has 188 valence electrons. The third-order valence-corrected chi connectivity index (χ3v) is 7.61. The maximum absolute atomic E-state index is 12.2. The zero-order valence-corrected chi connectivity index (χ0v) is 20.9. The van der Waals surface area contributed by atoms with Gasteiger partial charge >= 0.3 is 0 Å². The molecule has 2 aromatic heterocycles. The van der Waals surface area contributed by atoms with E-state index in [1.807, 2.05) is 24.3 Å². The molecule has 9 heteroatoms. The van der Waals surface area contributed by atoms with E-state index in [2.05, 4.69) is 28.1 Å². The highest BCUT2D eigenvalue weighted by Gasteiger charge is 2.43. The van der Waals surface area contributed by atoms with E-state index >= 15 is 0 Å². The number of fused-ring (bicyclic) bond motifs is 1. The smallest absolute Gasteiger partial charge is 0.251 e. The molecule has 2 aliphatic heterocycles. The zero-order chi connectivity index (χ0) is 24.7. The molecule has 0 radical (unpaired) electrons. The second-order valence-corrected chi connectivity index (χ2v) is 10.00. The van der Waals surface area contributed by atoms with Gasteiger partial charge in [0.05, 0.1) is 42.5 Å². The Hall–Kier alpha value is -3.30. The van der Waals surface area contributed by atoms with Crippen molar-refractivity contribution in [2.45, 2.75) is 37.8 Å². The Morgan fingerprint density at radius 1 is 1.11 bits per heavy atom. The van der Waals surface area contributed by atoms with Gasteiger partial charge in [0.1, 0.15) is 5.82 Å². The largest absolute Gasteiger partial charge is 0.377 e. The summed E-state index contributed by atoms with van der Waals surface area (Å²) in [6.07, 6.45) is 3.39. The van der Waals surface area contributed by atoms with Crippen molar-refractivity contribution in [1.82, 2.24) is 20.3 Å². The van der Waals surface area contributed by atoms with E-state index in [0.29, 0.717) is 37.0 Å². The van der Waals surface area contributed by atoms with Crippen molar-refractivity contribution in [3.05, 3.63) is 42.0 Å². The summed E-state index contributed by atoms with van der Waals surface area (Å²) in [5.74, 6) is 1.48. The van der Waals surface area contributed by atoms with E-state index in [1.54, 1.807) is 13.1 Å². The number of pyridine rings is 1. The van der Waals surface area contributed by atoms with Gasteiger partial charge in [0, 0.05) is 37.8 Å². The first-order chi connectivity index (χ1) is 17.5. The number of aromatic nitrogens is 3. The number of anilines is 2. The summed E-state index contributed by atoms with van der Waals surface area (Å²) >= 11 is 0. The van der Waals surface area contributed by atoms with Gasteiger partial charge in [-0.05, 0) is 50.5 Å². The fourth-order valence-electron chi connectivity index (χ4n) is 5.40. The lowest BCUT2D eigenvalue weighted by Gasteiger charge is -2.48. The predicted molar refractivity (Wildman–Crippen MR) is 139 cm³/mol. The van der Waals surface area contributed by atoms with E-state index in [4.69, 9.17) is 24.4 Å². The molecule has 1 N–H and O–H groups in total. The van der Waals surface area contributed by atoms with Crippen molar-refractivity contribution in [2.75, 3.05) is 56.3 Å². The number of amides is 1. The minimum Gasteiger partial charge on any atom is -0.377 e. The van der Waals surface area contributed by atoms with Gasteiger partial charge in [-0.25, -0.2) is 4.98 Å². The van der Waals surface area contributed by atoms with Crippen molar-refractivity contribution in [2.24, 2.45) is 0 Å². The predicted octanol–water partition coefficient (Wildman–Crippen LogP) is 3.04. The van der Waals surface area contributed by atoms with Gasteiger partial charge in [-0.2, -0.15) is 9.97 Å². The second-order valence-electron chi connectivity index (χ2n) is 10.00. The summed E-state index contributed by atoms with van der Waals surface area (Å²) in [4.78, 5) is 31.8. The maximum atomic E-state index is 12.2. The van der Waals surface area contributed by atoms with Crippen LogP contribution < -0.4 is 15.1 Å². The van der Waals surface area contributed by atoms with Crippen LogP contribution in [0.4, 0.5) is 11.8 Å². The Morgan fingerprint density at radius 3 is 2.78 bits per heavy atom. The van der Waals surface area contributed by atoms with E-state index < -0.39 is 0 Å². The average molecular weight is 489 g/mol. The van der Waals surface area contributed by atoms with Gasteiger partial charge in [-0.15, -0.1) is 0 Å². The lowest BCUT2D eigenvalue weighted by atomic mass is 9.79. The summed E-state index contributed by atoms with van der Waals surface area (Å²) in [5.41, 5.74) is 2.85. The average Bonchev–Trinajstić information content (AvgIpc) is 2.91. The van der Waals surface area contributed by atoms with E-state index in [9.17, 15) is 4.79 Å². The first kappa shape index (κ1) is 23.1. The number of morpholine rings is 2. The number of carbonyl (C=O) groups excluding carboxylic acids is 1. The maximum Gasteiger partial charge on any atom is 0.251 e. The van der Waals surface area contributed by atoms with Crippen LogP contribution in [0, 0.1) is 0 Å². The number of nitrogens with zero attached hydrogens (tertiary/aromatic N) is 5. The van der Waals surface area contributed by atoms with Crippen LogP contribution in [0.2, 0.25) is 0 Å². The Balaban J connectivity index is 1.44. The highest BCUT2D eigenvalue weighted by molar-refractivity contribution is 5.95. The summed E-state index contributed by atoms with van der Waals surface area (Å²) < 4.78 is 11.8. The van der Waals surface area contributed by atoms with Crippen LogP contribution in [0.5, 0.6) is 0 Å². The molecule has 1 aromatic carbocycles. The first-order valence-corrected chi connectivity index (χ1v) is 12.8. The topological polar surface area (TPSA) is 92.7 Å². The number of hydrogen-bond donors (Lipinski definition) is 1. The van der Waals surface area contributed by atoms with E-state index in [1.165, 1.54) is 6.42 Å². The molecule has 9 nitrogen and oxygen atoms in total. The molecule has 1 spiro atoms. The van der Waals surface area contributed by atoms with Crippen LogP contribution in [0.1, 0.15) is 36.5 Å². The number of rotatable bonds is 4. The Labute approximate surface area is 210 Å². The quantitative estimate of drug-likeness (QED) is 0.599. The van der Waals surface area contributed by atoms with Crippen LogP contribution in [0.3, 0.4) is 0 Å². The minimum absolute atomic E-state index is 0.0570. The molecule has 4 heterocycles. The number of benzene rings is 1. The van der Waals surface area contributed by atoms with Gasteiger partial charge in [0.25, 0.3) is 5.91 Å². The van der Waals surface area contributed by atoms with Crippen molar-refractivity contribution in [3.8, 4) is 11.3 Å². The highest BCUT2D eigenvalue weighted by Crippen LogP contribution is 2.39. The van der Waals surface area contributed by atoms with Gasteiger partial charge in [0.15, 0.2) is 5.65 Å². The molecule has 36 heavy (non-hydrogen) atoms. The first-order valence-electron chi connectivity index (χ1n) is 12.8. The SMILES string of the molecule is CNC(=O)c1cccc(-c2ccc3c(N4CCOC[C@@H]4C)nc(N4CCOC5(CCC5)C4)nc3n2)c1. The second kappa shape index (κ2) is 9.29. The van der Waals surface area contributed by atoms with E-state index in [0.717, 1.165) is 54.9 Å². The molecule has 2 saturated heterocycles. The molecule has 0 bridgehead atoms. The molecule has 1 saturated carbocycles. The monoisotopic (exact) mass is 488 g/mol. The van der Waals surface area contributed by atoms with Crippen LogP contribution in [-0.2, 0) is 9.47 Å². The zero-order valence-electron chi connectivity index (χ0n) is 20.9. The summed E-state index contributed by atoms with van der Waals surface area (Å²) in [5, 5.41) is 3.61. The van der Waals surface area contributed by atoms with Crippen molar-refractivity contribution < 1.29 is 14.3 Å². The van der Waals surface area contributed by atoms with Crippen LogP contribution in [0.15, 0.2) is 36.4 Å². The van der Waals surface area contributed by atoms with Crippen LogP contribution >= 0.6 is 0 Å². The number of hydrogen-bond acceptors (Lipinski definition) is 8. The highest BCUT2D eigenvalue weighted by atomic mass is 16.5. The Bertz CT molecular complexity index is 1290. The molecule has 0 unspecified atom stereocenters. The molecular weight excluding hydrogens is 456 g/mol. The number of carbonyl (C=O) groups is 1. The fourth-order valence-corrected chi connectivity index (χ4v) is 5.40. The van der Waals surface area contributed by atoms with Gasteiger partial charge < -0.3 is 24.6 Å². The number of nitrogens with one attached hydrogen (secondary N) is 1. The van der Waals surface area contributed by atoms with Crippen molar-refractivity contribution >= 4 is 28.7 Å². The molecular formula is C27H32N6O3. The third kappa shape index (κ3) is 4.16. The summed E-state index contributed by atoms with van der Waals surface area (Å²) in [6, 6.07) is 11.8. The Kier molecular flexibility index (Phi) is 5.97. The molecule has 3 fully saturated rings. The van der Waals surface area contributed by atoms with Crippen molar-refractivity contribution in [3.63, 3.8) is 0 Å². The van der Waals surface area contributed by atoms with Gasteiger partial charge in [0.2, 0.25) is 5.95 Å². The molecule has 3 aliphatic rings. The van der Waals surface area contributed by atoms with Crippen LogP contribution in [-0.4, -0.2) is 79.0 Å². The standard InChI is InChI=1S/C27H32N6O3/c1-18-16-35-13-12-33(18)24-21-7-8-22(19-5-3-6-20(15-19)25(34)28-2)29-23(21)30-26(31-24)32-11-14-36-27(17-32)9-4-10-27/h3,5-8,15,18H,4,9-14,16-17H2,1-2H3,(H,28,34)/t18-/m0/s1. The molecule has 1 atom stereocenters. The molecule has 1 aliphatic carbocycles. The van der Waals surface area contributed by atoms with Gasteiger partial charge in [-0.1, -0.05) is 12.1 Å². The molecule has 1 amide bonds. The molecule has 3 aromatic rings. The fraction of sp³-hybridized carbons (Fsp3) is 0.481. The van der Waals surface area contributed by atoms with E-state index in [-0.39, 0.29) is 17.6 Å². The lowest BCUT2D eigenvalue weighted by molar-refractivity contribution is -0.107. The lowest BCUT2D eigenvalue weighted by Crippen LogP contribution is -2.56. The van der Waals surface area contributed by atoms with Crippen LogP contribution in [0.25, 0.3) is 22.3 Å². The number of ether oxygens (including phenoxy) is 2. The van der Waals surface area contributed by atoms with Gasteiger partial charge in [-0.3, -0.25) is 4.79 Å². The summed E-state index contributed by atoms with van der Waals surface area (Å²) in [6.45, 7) is 6.53. The van der Waals surface area contributed by atoms with Crippen molar-refractivity contribution in [1.29, 1.82) is 0 Å². The third-order valence-electron chi connectivity index (χ3n) is 7.61. The minimum atomic E-state index is -0.122. The normalized spacial score (nSPS) is 21.4. The Morgan fingerprint density at radius 2 is 2.00 bits per heavy atom. The summed E-state index contributed by atoms with van der Waals surface area (Å²) in [7, 11) is 1.63.